The Morgan fingerprint density at radius 1 is 0.926 bits per heavy atom. The van der Waals surface area contributed by atoms with Gasteiger partial charge in [0.05, 0.1) is 24.0 Å². The third-order valence-electron chi connectivity index (χ3n) is 4.93. The Kier molecular flexibility index (Phi) is 4.78. The van der Waals surface area contributed by atoms with Gasteiger partial charge in [-0.2, -0.15) is 0 Å². The Bertz CT molecular complexity index is 910. The van der Waals surface area contributed by atoms with E-state index in [9.17, 15) is 9.59 Å². The maximum atomic E-state index is 12.9. The van der Waals surface area contributed by atoms with Crippen LogP contribution in [0.1, 0.15) is 29.6 Å². The molecule has 0 spiro atoms. The number of aryl methyl sites for hydroxylation is 1. The molecule has 2 atom stereocenters. The number of carbonyl (C=O) groups is 2. The van der Waals surface area contributed by atoms with Gasteiger partial charge < -0.3 is 9.47 Å². The first-order valence-electron chi connectivity index (χ1n) is 9.02. The second-order valence-corrected chi connectivity index (χ2v) is 6.60. The Balaban J connectivity index is 1.63. The number of likely N-dealkylation sites (tertiary alicyclic amines) is 1. The van der Waals surface area contributed by atoms with Gasteiger partial charge in [-0.3, -0.25) is 14.6 Å². The van der Waals surface area contributed by atoms with Crippen LogP contribution in [0.25, 0.3) is 0 Å². The smallest absolute Gasteiger partial charge is 0.291 e. The summed E-state index contributed by atoms with van der Waals surface area (Å²) in [6, 6.07) is 14.7. The summed E-state index contributed by atoms with van der Waals surface area (Å²) in [6.07, 6.45) is 7.81. The molecule has 2 unspecified atom stereocenters. The van der Waals surface area contributed by atoms with Gasteiger partial charge in [0.1, 0.15) is 0 Å². The van der Waals surface area contributed by atoms with Crippen LogP contribution in [0.15, 0.2) is 73.4 Å². The molecule has 0 aliphatic carbocycles. The number of benzene rings is 1. The minimum atomic E-state index is -0.526. The second-order valence-electron chi connectivity index (χ2n) is 6.60. The third kappa shape index (κ3) is 3.38. The number of ketones is 1. The SMILES string of the molecule is O=C1C(=O)N(CCCn2ccnc2)C(c2ccccn2)C1c1ccccc1. The van der Waals surface area contributed by atoms with E-state index in [2.05, 4.69) is 9.97 Å². The van der Waals surface area contributed by atoms with Crippen molar-refractivity contribution in [2.24, 2.45) is 0 Å². The molecular weight excluding hydrogens is 340 g/mol. The summed E-state index contributed by atoms with van der Waals surface area (Å²) in [5.74, 6) is -1.31. The molecule has 27 heavy (non-hydrogen) atoms. The van der Waals surface area contributed by atoms with Gasteiger partial charge in [-0.05, 0) is 24.1 Å². The minimum absolute atomic E-state index is 0.362. The quantitative estimate of drug-likeness (QED) is 0.634. The zero-order valence-electron chi connectivity index (χ0n) is 14.8. The van der Waals surface area contributed by atoms with Crippen molar-refractivity contribution in [1.82, 2.24) is 19.4 Å². The first kappa shape index (κ1) is 17.1. The molecule has 136 valence electrons. The molecule has 1 aliphatic heterocycles. The maximum absolute atomic E-state index is 12.9. The van der Waals surface area contributed by atoms with E-state index >= 15 is 0 Å². The molecule has 4 rings (SSSR count). The van der Waals surface area contributed by atoms with Crippen LogP contribution >= 0.6 is 0 Å². The number of rotatable bonds is 6. The molecule has 1 saturated heterocycles. The second kappa shape index (κ2) is 7.53. The molecule has 1 aliphatic rings. The van der Waals surface area contributed by atoms with E-state index in [0.717, 1.165) is 24.2 Å². The van der Waals surface area contributed by atoms with Crippen LogP contribution in [-0.4, -0.2) is 37.7 Å². The van der Waals surface area contributed by atoms with Crippen LogP contribution < -0.4 is 0 Å². The lowest BCUT2D eigenvalue weighted by molar-refractivity contribution is -0.140. The van der Waals surface area contributed by atoms with Crippen molar-refractivity contribution in [3.63, 3.8) is 0 Å². The van der Waals surface area contributed by atoms with Gasteiger partial charge in [0.15, 0.2) is 0 Å². The van der Waals surface area contributed by atoms with Crippen molar-refractivity contribution in [1.29, 1.82) is 0 Å². The molecule has 0 radical (unpaired) electrons. The molecule has 2 aromatic heterocycles. The van der Waals surface area contributed by atoms with Crippen LogP contribution in [0.3, 0.4) is 0 Å². The van der Waals surface area contributed by atoms with E-state index in [1.54, 1.807) is 23.6 Å². The fourth-order valence-electron chi connectivity index (χ4n) is 3.68. The average Bonchev–Trinajstić information content (AvgIpc) is 3.31. The highest BCUT2D eigenvalue weighted by atomic mass is 16.2. The van der Waals surface area contributed by atoms with Crippen molar-refractivity contribution in [2.75, 3.05) is 6.54 Å². The summed E-state index contributed by atoms with van der Waals surface area (Å²) in [5.41, 5.74) is 1.59. The third-order valence-corrected chi connectivity index (χ3v) is 4.93. The summed E-state index contributed by atoms with van der Waals surface area (Å²) >= 11 is 0. The van der Waals surface area contributed by atoms with Crippen molar-refractivity contribution < 1.29 is 9.59 Å². The van der Waals surface area contributed by atoms with Crippen LogP contribution in [-0.2, 0) is 16.1 Å². The number of carbonyl (C=O) groups excluding carboxylic acids is 2. The van der Waals surface area contributed by atoms with Crippen LogP contribution in [0.4, 0.5) is 0 Å². The van der Waals surface area contributed by atoms with E-state index < -0.39 is 11.8 Å². The van der Waals surface area contributed by atoms with Crippen LogP contribution in [0, 0.1) is 0 Å². The summed E-state index contributed by atoms with van der Waals surface area (Å²) < 4.78 is 1.97. The van der Waals surface area contributed by atoms with Crippen molar-refractivity contribution in [3.8, 4) is 0 Å². The van der Waals surface area contributed by atoms with Crippen LogP contribution in [0.5, 0.6) is 0 Å². The Morgan fingerprint density at radius 2 is 1.74 bits per heavy atom. The standard InChI is InChI=1S/C21H20N4O2/c26-20-18(16-7-2-1-3-8-16)19(17-9-4-5-10-23-17)25(21(20)27)13-6-12-24-14-11-22-15-24/h1-5,7-11,14-15,18-19H,6,12-13H2. The number of hydrogen-bond donors (Lipinski definition) is 0. The lowest BCUT2D eigenvalue weighted by atomic mass is 9.89. The summed E-state index contributed by atoms with van der Waals surface area (Å²) in [5, 5.41) is 0. The molecule has 6 heteroatoms. The zero-order chi connectivity index (χ0) is 18.6. The molecule has 1 amide bonds. The van der Waals surface area contributed by atoms with Crippen molar-refractivity contribution >= 4 is 11.7 Å². The number of aromatic nitrogens is 3. The van der Waals surface area contributed by atoms with Gasteiger partial charge in [-0.25, -0.2) is 4.98 Å². The van der Waals surface area contributed by atoms with Gasteiger partial charge in [-0.1, -0.05) is 36.4 Å². The highest BCUT2D eigenvalue weighted by molar-refractivity contribution is 6.40. The van der Waals surface area contributed by atoms with E-state index in [1.165, 1.54) is 0 Å². The van der Waals surface area contributed by atoms with Crippen molar-refractivity contribution in [3.05, 3.63) is 84.7 Å². The lowest BCUT2D eigenvalue weighted by Crippen LogP contribution is -2.31. The minimum Gasteiger partial charge on any atom is -0.337 e. The highest BCUT2D eigenvalue weighted by Gasteiger charge is 2.48. The summed E-state index contributed by atoms with van der Waals surface area (Å²) in [4.78, 5) is 35.8. The van der Waals surface area contributed by atoms with Gasteiger partial charge >= 0.3 is 0 Å². The molecule has 0 saturated carbocycles. The van der Waals surface area contributed by atoms with E-state index in [4.69, 9.17) is 0 Å². The summed E-state index contributed by atoms with van der Waals surface area (Å²) in [6.45, 7) is 1.23. The average molecular weight is 360 g/mol. The predicted octanol–water partition coefficient (Wildman–Crippen LogP) is 2.60. The number of nitrogens with zero attached hydrogens (tertiary/aromatic N) is 4. The molecular formula is C21H20N4O2. The molecule has 1 aromatic carbocycles. The Morgan fingerprint density at radius 3 is 2.44 bits per heavy atom. The fourth-order valence-corrected chi connectivity index (χ4v) is 3.68. The number of amides is 1. The molecule has 3 heterocycles. The topological polar surface area (TPSA) is 68.1 Å². The van der Waals surface area contributed by atoms with Gasteiger partial charge in [-0.15, -0.1) is 0 Å². The lowest BCUT2D eigenvalue weighted by Gasteiger charge is -2.27. The fraction of sp³-hybridized carbons (Fsp3) is 0.238. The van der Waals surface area contributed by atoms with Gasteiger partial charge in [0.2, 0.25) is 5.78 Å². The first-order chi connectivity index (χ1) is 13.3. The van der Waals surface area contributed by atoms with Crippen LogP contribution in [0.2, 0.25) is 0 Å². The van der Waals surface area contributed by atoms with Gasteiger partial charge in [0, 0.05) is 31.7 Å². The predicted molar refractivity (Wildman–Crippen MR) is 99.7 cm³/mol. The monoisotopic (exact) mass is 360 g/mol. The largest absolute Gasteiger partial charge is 0.337 e. The zero-order valence-corrected chi connectivity index (χ0v) is 14.8. The maximum Gasteiger partial charge on any atom is 0.291 e. The molecule has 6 nitrogen and oxygen atoms in total. The van der Waals surface area contributed by atoms with Crippen molar-refractivity contribution in [2.45, 2.75) is 24.9 Å². The number of pyridine rings is 1. The first-order valence-corrected chi connectivity index (χ1v) is 9.02. The van der Waals surface area contributed by atoms with E-state index in [1.807, 2.05) is 59.3 Å². The molecule has 1 fully saturated rings. The molecule has 0 N–H and O–H groups in total. The number of imidazole rings is 1. The molecule has 0 bridgehead atoms. The normalized spacial score (nSPS) is 19.6. The van der Waals surface area contributed by atoms with E-state index in [-0.39, 0.29) is 11.8 Å². The van der Waals surface area contributed by atoms with E-state index in [0.29, 0.717) is 6.54 Å². The Labute approximate surface area is 157 Å². The number of hydrogen-bond acceptors (Lipinski definition) is 4. The Hall–Kier alpha value is -3.28. The highest BCUT2D eigenvalue weighted by Crippen LogP contribution is 2.41. The van der Waals surface area contributed by atoms with Gasteiger partial charge in [0.25, 0.3) is 5.91 Å². The number of Topliss-reactive ketones (excluding diaryl/α,β-unsaturated/α-hetero) is 1. The molecule has 3 aromatic rings. The summed E-state index contributed by atoms with van der Waals surface area (Å²) in [7, 11) is 0.